The van der Waals surface area contributed by atoms with Gasteiger partial charge in [0, 0.05) is 18.8 Å². The highest BCUT2D eigenvalue weighted by atomic mass is 15.3. The van der Waals surface area contributed by atoms with E-state index in [4.69, 9.17) is 0 Å². The predicted molar refractivity (Wildman–Crippen MR) is 66.6 cm³/mol. The number of nitrogens with one attached hydrogen (secondary N) is 1. The van der Waals surface area contributed by atoms with Gasteiger partial charge in [-0.1, -0.05) is 19.3 Å². The first-order valence-corrected chi connectivity index (χ1v) is 6.50. The first-order valence-electron chi connectivity index (χ1n) is 6.50. The minimum absolute atomic E-state index is 0.454. The van der Waals surface area contributed by atoms with Crippen LogP contribution in [0.15, 0.2) is 12.4 Å². The van der Waals surface area contributed by atoms with Gasteiger partial charge in [0.15, 0.2) is 0 Å². The summed E-state index contributed by atoms with van der Waals surface area (Å²) < 4.78 is 2.06. The summed E-state index contributed by atoms with van der Waals surface area (Å²) in [4.78, 5) is 0. The molecule has 1 aromatic rings. The van der Waals surface area contributed by atoms with E-state index in [-0.39, 0.29) is 0 Å². The number of hydrogen-bond acceptors (Lipinski definition) is 2. The van der Waals surface area contributed by atoms with Crippen LogP contribution in [-0.4, -0.2) is 22.4 Å². The Balaban J connectivity index is 1.76. The van der Waals surface area contributed by atoms with E-state index in [9.17, 15) is 0 Å². The first kappa shape index (κ1) is 11.6. The van der Waals surface area contributed by atoms with Crippen LogP contribution in [0.3, 0.4) is 0 Å². The molecule has 0 aliphatic heterocycles. The van der Waals surface area contributed by atoms with Gasteiger partial charge in [0.2, 0.25) is 0 Å². The number of nitrogens with zero attached hydrogens (tertiary/aromatic N) is 2. The number of hydrogen-bond donors (Lipinski definition) is 1. The lowest BCUT2D eigenvalue weighted by Gasteiger charge is -2.24. The molecule has 1 saturated carbocycles. The van der Waals surface area contributed by atoms with Crippen LogP contribution in [0.25, 0.3) is 0 Å². The van der Waals surface area contributed by atoms with Crippen molar-refractivity contribution in [3.05, 3.63) is 18.0 Å². The summed E-state index contributed by atoms with van der Waals surface area (Å²) in [6.07, 6.45) is 11.0. The third-order valence-corrected chi connectivity index (χ3v) is 3.49. The Labute approximate surface area is 98.2 Å². The van der Waals surface area contributed by atoms with Gasteiger partial charge in [-0.15, -0.1) is 0 Å². The van der Waals surface area contributed by atoms with Crippen molar-refractivity contribution < 1.29 is 0 Å². The number of aryl methyl sites for hydroxylation is 1. The van der Waals surface area contributed by atoms with Crippen LogP contribution in [0.4, 0.5) is 0 Å². The van der Waals surface area contributed by atoms with Crippen molar-refractivity contribution in [3.63, 3.8) is 0 Å². The summed E-state index contributed by atoms with van der Waals surface area (Å²) in [7, 11) is 0. The van der Waals surface area contributed by atoms with Crippen molar-refractivity contribution in [1.29, 1.82) is 0 Å². The zero-order chi connectivity index (χ0) is 11.4. The second-order valence-corrected chi connectivity index (χ2v) is 5.09. The quantitative estimate of drug-likeness (QED) is 0.847. The zero-order valence-corrected chi connectivity index (χ0v) is 10.4. The molecular weight excluding hydrogens is 198 g/mol. The Morgan fingerprint density at radius 2 is 2.19 bits per heavy atom. The van der Waals surface area contributed by atoms with Crippen molar-refractivity contribution in [1.82, 2.24) is 15.1 Å². The van der Waals surface area contributed by atoms with E-state index in [0.29, 0.717) is 6.04 Å². The van der Waals surface area contributed by atoms with Gasteiger partial charge in [-0.05, 0) is 32.3 Å². The van der Waals surface area contributed by atoms with E-state index < -0.39 is 0 Å². The van der Waals surface area contributed by atoms with Crippen molar-refractivity contribution in [2.45, 2.75) is 58.0 Å². The average molecular weight is 221 g/mol. The van der Waals surface area contributed by atoms with Gasteiger partial charge >= 0.3 is 0 Å². The van der Waals surface area contributed by atoms with Gasteiger partial charge in [0.05, 0.1) is 12.2 Å². The molecule has 1 heterocycles. The largest absolute Gasteiger partial charge is 0.312 e. The molecule has 3 nitrogen and oxygen atoms in total. The predicted octanol–water partition coefficient (Wildman–Crippen LogP) is 2.67. The molecular formula is C13H23N3. The third-order valence-electron chi connectivity index (χ3n) is 3.49. The van der Waals surface area contributed by atoms with Crippen molar-refractivity contribution in [3.8, 4) is 0 Å². The van der Waals surface area contributed by atoms with E-state index in [1.807, 2.05) is 6.20 Å². The van der Waals surface area contributed by atoms with E-state index >= 15 is 0 Å². The normalized spacial score (nSPS) is 19.9. The molecule has 0 spiro atoms. The van der Waals surface area contributed by atoms with Crippen molar-refractivity contribution in [2.75, 3.05) is 6.54 Å². The van der Waals surface area contributed by atoms with Gasteiger partial charge in [-0.2, -0.15) is 5.10 Å². The molecule has 1 fully saturated rings. The monoisotopic (exact) mass is 221 g/mol. The second kappa shape index (κ2) is 5.48. The molecule has 1 atom stereocenters. The summed E-state index contributed by atoms with van der Waals surface area (Å²) in [6, 6.07) is 1.20. The maximum Gasteiger partial charge on any atom is 0.0615 e. The highest BCUT2D eigenvalue weighted by molar-refractivity contribution is 5.00. The van der Waals surface area contributed by atoms with Crippen LogP contribution in [0, 0.1) is 6.92 Å². The molecule has 3 heteroatoms. The molecule has 1 aliphatic carbocycles. The fraction of sp³-hybridized carbons (Fsp3) is 0.769. The Morgan fingerprint density at radius 1 is 1.44 bits per heavy atom. The molecule has 0 radical (unpaired) electrons. The lowest BCUT2D eigenvalue weighted by atomic mass is 9.95. The molecule has 0 saturated heterocycles. The zero-order valence-electron chi connectivity index (χ0n) is 10.4. The molecule has 0 aromatic carbocycles. The van der Waals surface area contributed by atoms with Crippen molar-refractivity contribution >= 4 is 0 Å². The van der Waals surface area contributed by atoms with E-state index in [1.54, 1.807) is 0 Å². The summed E-state index contributed by atoms with van der Waals surface area (Å²) in [5.74, 6) is 0. The summed E-state index contributed by atoms with van der Waals surface area (Å²) in [5, 5.41) is 8.02. The Bertz CT molecular complexity index is 313. The molecule has 1 aromatic heterocycles. The first-order chi connectivity index (χ1) is 7.75. The Morgan fingerprint density at radius 3 is 2.81 bits per heavy atom. The lowest BCUT2D eigenvalue weighted by molar-refractivity contribution is 0.343. The van der Waals surface area contributed by atoms with Crippen LogP contribution < -0.4 is 5.32 Å². The second-order valence-electron chi connectivity index (χ2n) is 5.09. The van der Waals surface area contributed by atoms with Gasteiger partial charge < -0.3 is 5.32 Å². The molecule has 0 amide bonds. The fourth-order valence-electron chi connectivity index (χ4n) is 2.41. The third kappa shape index (κ3) is 3.08. The molecule has 1 aliphatic rings. The van der Waals surface area contributed by atoms with Gasteiger partial charge in [-0.3, -0.25) is 4.68 Å². The summed E-state index contributed by atoms with van der Waals surface area (Å²) in [6.45, 7) is 5.35. The van der Waals surface area contributed by atoms with E-state index in [0.717, 1.165) is 12.6 Å². The topological polar surface area (TPSA) is 29.9 Å². The summed E-state index contributed by atoms with van der Waals surface area (Å²) in [5.41, 5.74) is 1.24. The minimum atomic E-state index is 0.454. The van der Waals surface area contributed by atoms with Crippen LogP contribution in [0.1, 0.15) is 50.6 Å². The van der Waals surface area contributed by atoms with Gasteiger partial charge in [-0.25, -0.2) is 0 Å². The maximum atomic E-state index is 4.36. The van der Waals surface area contributed by atoms with Crippen LogP contribution in [-0.2, 0) is 0 Å². The van der Waals surface area contributed by atoms with Crippen LogP contribution in [0.5, 0.6) is 0 Å². The maximum absolute atomic E-state index is 4.36. The Kier molecular flexibility index (Phi) is 3.99. The number of rotatable bonds is 4. The van der Waals surface area contributed by atoms with E-state index in [2.05, 4.69) is 35.1 Å². The van der Waals surface area contributed by atoms with Crippen molar-refractivity contribution in [2.24, 2.45) is 0 Å². The van der Waals surface area contributed by atoms with Gasteiger partial charge in [0.25, 0.3) is 0 Å². The molecule has 2 rings (SSSR count). The number of aromatic nitrogens is 2. The van der Waals surface area contributed by atoms with Crippen LogP contribution >= 0.6 is 0 Å². The average Bonchev–Trinajstić information content (AvgIpc) is 2.74. The molecule has 0 bridgehead atoms. The van der Waals surface area contributed by atoms with E-state index in [1.165, 1.54) is 37.7 Å². The molecule has 1 N–H and O–H groups in total. The van der Waals surface area contributed by atoms with Crippen LogP contribution in [0.2, 0.25) is 0 Å². The fourth-order valence-corrected chi connectivity index (χ4v) is 2.41. The molecule has 16 heavy (non-hydrogen) atoms. The lowest BCUT2D eigenvalue weighted by Crippen LogP contribution is -2.35. The molecule has 90 valence electrons. The smallest absolute Gasteiger partial charge is 0.0615 e. The SMILES string of the molecule is Cc1cnn(C(C)CNC2CCCCC2)c1. The summed E-state index contributed by atoms with van der Waals surface area (Å²) >= 11 is 0. The van der Waals surface area contributed by atoms with Gasteiger partial charge in [0.1, 0.15) is 0 Å². The Hall–Kier alpha value is -0.830. The highest BCUT2D eigenvalue weighted by Crippen LogP contribution is 2.17. The highest BCUT2D eigenvalue weighted by Gasteiger charge is 2.14. The minimum Gasteiger partial charge on any atom is -0.312 e. The standard InChI is InChI=1S/C13H23N3/c1-11-8-15-16(10-11)12(2)9-14-13-6-4-3-5-7-13/h8,10,12-14H,3-7,9H2,1-2H3. The molecule has 1 unspecified atom stereocenters.